The molecular weight excluding hydrogens is 348 g/mol. The van der Waals surface area contributed by atoms with Crippen LogP contribution in [0.25, 0.3) is 0 Å². The van der Waals surface area contributed by atoms with Crippen LogP contribution in [0.5, 0.6) is 0 Å². The van der Waals surface area contributed by atoms with Gasteiger partial charge in [0.15, 0.2) is 0 Å². The molecule has 2 saturated carbocycles. The van der Waals surface area contributed by atoms with Gasteiger partial charge in [0.2, 0.25) is 5.44 Å². The smallest absolute Gasteiger partial charge is 0.311 e. The SMILES string of the molecule is CCC(C)(C)C(=O)OC1CC2CC(C(=O)OC3CCOS3(=O)=O)C1C2. The van der Waals surface area contributed by atoms with Gasteiger partial charge in [0, 0.05) is 12.3 Å². The molecule has 5 atom stereocenters. The molecule has 25 heavy (non-hydrogen) atoms. The van der Waals surface area contributed by atoms with E-state index in [4.69, 9.17) is 9.47 Å². The lowest BCUT2D eigenvalue weighted by Crippen LogP contribution is -2.38. The standard InChI is InChI=1S/C17H26O7S/c1-4-17(2,3)16(19)23-13-9-10-7-11(13)12(8-10)15(18)24-14-5-6-22-25(14,20)21/h10-14H,4-9H2,1-3H3. The summed E-state index contributed by atoms with van der Waals surface area (Å²) in [6.07, 6.45) is 2.81. The van der Waals surface area contributed by atoms with Gasteiger partial charge in [-0.2, -0.15) is 8.42 Å². The molecule has 0 amide bonds. The molecular formula is C17H26O7S. The Labute approximate surface area is 148 Å². The van der Waals surface area contributed by atoms with Crippen LogP contribution < -0.4 is 0 Å². The lowest BCUT2D eigenvalue weighted by molar-refractivity contribution is -0.168. The fourth-order valence-corrected chi connectivity index (χ4v) is 5.03. The highest BCUT2D eigenvalue weighted by Gasteiger charge is 2.53. The predicted octanol–water partition coefficient (Wildman–Crippen LogP) is 2.00. The van der Waals surface area contributed by atoms with Crippen LogP contribution in [0.1, 0.15) is 52.9 Å². The van der Waals surface area contributed by atoms with Crippen molar-refractivity contribution in [2.24, 2.45) is 23.2 Å². The van der Waals surface area contributed by atoms with Crippen molar-refractivity contribution in [1.29, 1.82) is 0 Å². The summed E-state index contributed by atoms with van der Waals surface area (Å²) in [5.41, 5.74) is -1.76. The van der Waals surface area contributed by atoms with Gasteiger partial charge in [-0.05, 0) is 45.4 Å². The number of ether oxygens (including phenoxy) is 2. The first-order valence-corrected chi connectivity index (χ1v) is 10.4. The zero-order chi connectivity index (χ0) is 18.4. The summed E-state index contributed by atoms with van der Waals surface area (Å²) >= 11 is 0. The van der Waals surface area contributed by atoms with E-state index in [2.05, 4.69) is 4.18 Å². The first kappa shape index (κ1) is 18.6. The third-order valence-corrected chi connectivity index (χ3v) is 7.39. The zero-order valence-electron chi connectivity index (χ0n) is 14.9. The van der Waals surface area contributed by atoms with E-state index in [9.17, 15) is 18.0 Å². The van der Waals surface area contributed by atoms with Crippen LogP contribution in [0.4, 0.5) is 0 Å². The molecule has 0 spiro atoms. The van der Waals surface area contributed by atoms with Gasteiger partial charge in [-0.25, -0.2) is 0 Å². The van der Waals surface area contributed by atoms with Crippen molar-refractivity contribution in [3.05, 3.63) is 0 Å². The average molecular weight is 374 g/mol. The summed E-state index contributed by atoms with van der Waals surface area (Å²) in [6.45, 7) is 5.67. The van der Waals surface area contributed by atoms with Gasteiger partial charge >= 0.3 is 22.1 Å². The Morgan fingerprint density at radius 3 is 2.44 bits per heavy atom. The van der Waals surface area contributed by atoms with Crippen LogP contribution in [0.2, 0.25) is 0 Å². The molecule has 3 fully saturated rings. The van der Waals surface area contributed by atoms with Crippen molar-refractivity contribution in [2.75, 3.05) is 6.61 Å². The number of fused-ring (bicyclic) bond motifs is 2. The van der Waals surface area contributed by atoms with E-state index >= 15 is 0 Å². The normalized spacial score (nSPS) is 36.4. The maximum atomic E-state index is 12.5. The zero-order valence-corrected chi connectivity index (χ0v) is 15.7. The largest absolute Gasteiger partial charge is 0.462 e. The molecule has 3 aliphatic rings. The molecule has 142 valence electrons. The summed E-state index contributed by atoms with van der Waals surface area (Å²) < 4.78 is 38.9. The van der Waals surface area contributed by atoms with Gasteiger partial charge in [-0.15, -0.1) is 0 Å². The van der Waals surface area contributed by atoms with E-state index in [-0.39, 0.29) is 31.0 Å². The van der Waals surface area contributed by atoms with Gasteiger partial charge in [0.05, 0.1) is 17.9 Å². The molecule has 1 saturated heterocycles. The first-order valence-electron chi connectivity index (χ1n) is 8.94. The molecule has 0 aromatic rings. The van der Waals surface area contributed by atoms with Crippen LogP contribution in [0, 0.1) is 23.2 Å². The summed E-state index contributed by atoms with van der Waals surface area (Å²) in [7, 11) is -3.81. The Bertz CT molecular complexity index is 654. The second-order valence-corrected chi connectivity index (χ2v) is 9.74. The molecule has 1 heterocycles. The van der Waals surface area contributed by atoms with Gasteiger partial charge in [-0.3, -0.25) is 13.8 Å². The van der Waals surface area contributed by atoms with Crippen molar-refractivity contribution in [2.45, 2.75) is 64.4 Å². The summed E-state index contributed by atoms with van der Waals surface area (Å²) in [6, 6.07) is 0. The van der Waals surface area contributed by atoms with E-state index in [1.807, 2.05) is 20.8 Å². The lowest BCUT2D eigenvalue weighted by Gasteiger charge is -2.31. The van der Waals surface area contributed by atoms with Crippen LogP contribution in [-0.4, -0.2) is 38.5 Å². The lowest BCUT2D eigenvalue weighted by atomic mass is 9.86. The quantitative estimate of drug-likeness (QED) is 0.536. The summed E-state index contributed by atoms with van der Waals surface area (Å²) in [4.78, 5) is 24.8. The first-order chi connectivity index (χ1) is 11.6. The Kier molecular flexibility index (Phi) is 4.87. The maximum absolute atomic E-state index is 12.5. The highest BCUT2D eigenvalue weighted by Crippen LogP contribution is 2.50. The van der Waals surface area contributed by atoms with Crippen molar-refractivity contribution < 1.29 is 31.7 Å². The molecule has 8 heteroatoms. The minimum atomic E-state index is -3.81. The van der Waals surface area contributed by atoms with Gasteiger partial charge in [0.1, 0.15) is 6.10 Å². The van der Waals surface area contributed by atoms with Crippen LogP contribution in [0.3, 0.4) is 0 Å². The van der Waals surface area contributed by atoms with Crippen LogP contribution in [0.15, 0.2) is 0 Å². The van der Waals surface area contributed by atoms with Gasteiger partial charge < -0.3 is 9.47 Å². The van der Waals surface area contributed by atoms with E-state index in [1.165, 1.54) is 0 Å². The molecule has 2 aliphatic carbocycles. The van der Waals surface area contributed by atoms with E-state index < -0.39 is 32.9 Å². The number of rotatable bonds is 5. The molecule has 2 bridgehead atoms. The molecule has 1 aliphatic heterocycles. The van der Waals surface area contributed by atoms with Crippen molar-refractivity contribution in [3.63, 3.8) is 0 Å². The van der Waals surface area contributed by atoms with Crippen LogP contribution in [-0.2, 0) is 33.4 Å². The van der Waals surface area contributed by atoms with Gasteiger partial charge in [-0.1, -0.05) is 6.92 Å². The fraction of sp³-hybridized carbons (Fsp3) is 0.882. The molecule has 0 aromatic heterocycles. The van der Waals surface area contributed by atoms with Crippen molar-refractivity contribution in [3.8, 4) is 0 Å². The minimum absolute atomic E-state index is 0.0450. The molecule has 3 rings (SSSR count). The number of hydrogen-bond acceptors (Lipinski definition) is 7. The Balaban J connectivity index is 1.63. The number of esters is 2. The highest BCUT2D eigenvalue weighted by atomic mass is 32.2. The maximum Gasteiger partial charge on any atom is 0.311 e. The Morgan fingerprint density at radius 1 is 1.16 bits per heavy atom. The number of carbonyl (C=O) groups excluding carboxylic acids is 2. The van der Waals surface area contributed by atoms with Gasteiger partial charge in [0.25, 0.3) is 0 Å². The van der Waals surface area contributed by atoms with E-state index in [1.54, 1.807) is 0 Å². The minimum Gasteiger partial charge on any atom is -0.462 e. The highest BCUT2D eigenvalue weighted by molar-refractivity contribution is 7.87. The second-order valence-electron chi connectivity index (χ2n) is 7.99. The van der Waals surface area contributed by atoms with E-state index in [0.717, 1.165) is 12.8 Å². The molecule has 7 nitrogen and oxygen atoms in total. The topological polar surface area (TPSA) is 96.0 Å². The third kappa shape index (κ3) is 3.56. The monoisotopic (exact) mass is 374 g/mol. The molecule has 0 N–H and O–H groups in total. The predicted molar refractivity (Wildman–Crippen MR) is 87.6 cm³/mol. The van der Waals surface area contributed by atoms with Crippen molar-refractivity contribution >= 4 is 22.1 Å². The third-order valence-electron chi connectivity index (χ3n) is 5.92. The second kappa shape index (κ2) is 6.54. The Morgan fingerprint density at radius 2 is 1.88 bits per heavy atom. The molecule has 0 radical (unpaired) electrons. The Hall–Kier alpha value is -1.15. The summed E-state index contributed by atoms with van der Waals surface area (Å²) in [5.74, 6) is -0.925. The van der Waals surface area contributed by atoms with E-state index in [0.29, 0.717) is 18.8 Å². The number of carbonyl (C=O) groups is 2. The molecule has 0 aromatic carbocycles. The number of hydrogen-bond donors (Lipinski definition) is 0. The molecule has 5 unspecified atom stereocenters. The summed E-state index contributed by atoms with van der Waals surface area (Å²) in [5, 5.41) is 0. The fourth-order valence-electron chi connectivity index (χ4n) is 3.95. The van der Waals surface area contributed by atoms with Crippen LogP contribution >= 0.6 is 0 Å². The van der Waals surface area contributed by atoms with Crippen molar-refractivity contribution in [1.82, 2.24) is 0 Å². The average Bonchev–Trinajstić information content (AvgIpc) is 3.21.